The largest absolute Gasteiger partial charge is 0.477 e. The molecule has 2 atom stereocenters. The van der Waals surface area contributed by atoms with Crippen molar-refractivity contribution < 1.29 is 19.1 Å². The van der Waals surface area contributed by atoms with Gasteiger partial charge >= 0.3 is 6.09 Å². The van der Waals surface area contributed by atoms with E-state index in [1.54, 1.807) is 11.1 Å². The van der Waals surface area contributed by atoms with Gasteiger partial charge in [0.25, 0.3) is 0 Å². The summed E-state index contributed by atoms with van der Waals surface area (Å²) in [6.45, 7) is 13.8. The first-order valence-electron chi connectivity index (χ1n) is 12.4. The molecule has 0 radical (unpaired) electrons. The normalized spacial score (nSPS) is 20.3. The van der Waals surface area contributed by atoms with Gasteiger partial charge in [-0.15, -0.1) is 0 Å². The van der Waals surface area contributed by atoms with E-state index < -0.39 is 5.60 Å². The van der Waals surface area contributed by atoms with Gasteiger partial charge in [-0.1, -0.05) is 19.4 Å². The van der Waals surface area contributed by atoms with E-state index in [1.807, 2.05) is 52.8 Å². The number of aromatic nitrogens is 2. The maximum atomic E-state index is 12.8. The molecule has 2 unspecified atom stereocenters. The Morgan fingerprint density at radius 3 is 2.69 bits per heavy atom. The van der Waals surface area contributed by atoms with Crippen molar-refractivity contribution in [1.82, 2.24) is 20.2 Å². The number of amides is 2. The second kappa shape index (κ2) is 11.1. The van der Waals surface area contributed by atoms with Crippen LogP contribution in [-0.2, 0) is 14.9 Å². The third-order valence-corrected chi connectivity index (χ3v) is 6.65. The van der Waals surface area contributed by atoms with Gasteiger partial charge in [0.05, 0.1) is 17.9 Å². The number of ether oxygens (including phenoxy) is 2. The van der Waals surface area contributed by atoms with E-state index in [4.69, 9.17) is 14.5 Å². The fourth-order valence-corrected chi connectivity index (χ4v) is 5.06. The van der Waals surface area contributed by atoms with Gasteiger partial charge in [-0.05, 0) is 70.7 Å². The Kier molecular flexibility index (Phi) is 8.35. The van der Waals surface area contributed by atoms with E-state index in [9.17, 15) is 9.59 Å². The lowest BCUT2D eigenvalue weighted by atomic mass is 9.64. The molecular weight excluding hydrogens is 444 g/mol. The van der Waals surface area contributed by atoms with Gasteiger partial charge in [0.15, 0.2) is 0 Å². The molecule has 0 spiro atoms. The monoisotopic (exact) mass is 482 g/mol. The Balaban J connectivity index is 1.97. The number of carbonyl (C=O) groups excluding carboxylic acids is 2. The van der Waals surface area contributed by atoms with Crippen LogP contribution in [0.25, 0.3) is 11.3 Å². The molecule has 0 bridgehead atoms. The molecule has 0 aliphatic carbocycles. The minimum atomic E-state index is -0.546. The smallest absolute Gasteiger partial charge is 0.410 e. The molecule has 8 heteroatoms. The summed E-state index contributed by atoms with van der Waals surface area (Å²) >= 11 is 0. The number of likely N-dealkylation sites (tertiary alicyclic amines) is 1. The van der Waals surface area contributed by atoms with Crippen molar-refractivity contribution in [3.05, 3.63) is 41.7 Å². The third kappa shape index (κ3) is 5.92. The highest BCUT2D eigenvalue weighted by molar-refractivity contribution is 5.69. The maximum absolute atomic E-state index is 12.8. The van der Waals surface area contributed by atoms with Gasteiger partial charge in [0.1, 0.15) is 5.60 Å². The summed E-state index contributed by atoms with van der Waals surface area (Å²) in [6.07, 6.45) is 3.71. The number of nitrogens with one attached hydrogen (secondary N) is 1. The van der Waals surface area contributed by atoms with E-state index in [2.05, 4.69) is 23.3 Å². The summed E-state index contributed by atoms with van der Waals surface area (Å²) in [6, 6.07) is 7.94. The third-order valence-electron chi connectivity index (χ3n) is 6.65. The molecule has 1 saturated heterocycles. The zero-order valence-corrected chi connectivity index (χ0v) is 21.8. The molecule has 3 heterocycles. The van der Waals surface area contributed by atoms with Crippen molar-refractivity contribution >= 4 is 12.5 Å². The number of hydrogen-bond acceptors (Lipinski definition) is 6. The van der Waals surface area contributed by atoms with E-state index in [-0.39, 0.29) is 17.4 Å². The first-order chi connectivity index (χ1) is 16.6. The van der Waals surface area contributed by atoms with Crippen molar-refractivity contribution in [1.29, 1.82) is 0 Å². The predicted molar refractivity (Wildman–Crippen MR) is 135 cm³/mol. The Labute approximate surface area is 208 Å². The van der Waals surface area contributed by atoms with Crippen molar-refractivity contribution in [2.45, 2.75) is 65.4 Å². The molecule has 35 heavy (non-hydrogen) atoms. The number of rotatable bonds is 8. The van der Waals surface area contributed by atoms with Gasteiger partial charge < -0.3 is 19.7 Å². The molecular formula is C27H38N4O4. The average molecular weight is 483 g/mol. The Bertz CT molecular complexity index is 1040. The lowest BCUT2D eigenvalue weighted by Crippen LogP contribution is -2.56. The van der Waals surface area contributed by atoms with Crippen molar-refractivity contribution in [3.8, 4) is 17.1 Å². The van der Waals surface area contributed by atoms with E-state index in [1.165, 1.54) is 0 Å². The number of hydrogen-bond donors (Lipinski definition) is 1. The topological polar surface area (TPSA) is 93.7 Å². The van der Waals surface area contributed by atoms with Crippen LogP contribution in [0.1, 0.15) is 58.7 Å². The fourth-order valence-electron chi connectivity index (χ4n) is 5.06. The maximum Gasteiger partial charge on any atom is 0.410 e. The Morgan fingerprint density at radius 1 is 1.29 bits per heavy atom. The minimum absolute atomic E-state index is 0.125. The quantitative estimate of drug-likeness (QED) is 0.557. The second-order valence-corrected chi connectivity index (χ2v) is 10.1. The van der Waals surface area contributed by atoms with Crippen molar-refractivity contribution in [2.75, 3.05) is 26.2 Å². The van der Waals surface area contributed by atoms with Crippen LogP contribution in [0.4, 0.5) is 4.79 Å². The minimum Gasteiger partial charge on any atom is -0.477 e. The van der Waals surface area contributed by atoms with Crippen LogP contribution in [-0.4, -0.2) is 59.2 Å². The van der Waals surface area contributed by atoms with Crippen LogP contribution in [0.2, 0.25) is 0 Å². The SMILES string of the molecule is CCOc1ncccc1-c1ccc(C2(CNC=O)CCN(C(=O)OC(C)(C)C)CC2CC)c(C)n1. The molecule has 3 rings (SSSR count). The van der Waals surface area contributed by atoms with E-state index in [0.717, 1.165) is 35.3 Å². The van der Waals surface area contributed by atoms with Crippen LogP contribution in [0.3, 0.4) is 0 Å². The summed E-state index contributed by atoms with van der Waals surface area (Å²) in [5.41, 5.74) is 2.73. The summed E-state index contributed by atoms with van der Waals surface area (Å²) in [7, 11) is 0. The van der Waals surface area contributed by atoms with Gasteiger partial charge in [0, 0.05) is 36.9 Å². The molecule has 2 aromatic heterocycles. The van der Waals surface area contributed by atoms with E-state index >= 15 is 0 Å². The van der Waals surface area contributed by atoms with Gasteiger partial charge in [-0.3, -0.25) is 9.78 Å². The highest BCUT2D eigenvalue weighted by Gasteiger charge is 2.46. The number of carbonyl (C=O) groups is 2. The van der Waals surface area contributed by atoms with Crippen LogP contribution < -0.4 is 10.1 Å². The number of piperidine rings is 1. The van der Waals surface area contributed by atoms with Crippen LogP contribution in [0, 0.1) is 12.8 Å². The molecule has 1 N–H and O–H groups in total. The molecule has 8 nitrogen and oxygen atoms in total. The molecule has 2 amide bonds. The standard InChI is InChI=1S/C27H38N4O4/c1-7-20-16-31(25(33)35-26(4,5)6)15-13-27(20,17-28-18-32)22-11-12-23(30-19(22)3)21-10-9-14-29-24(21)34-8-2/h9-12,14,18,20H,7-8,13,15-17H2,1-6H3,(H,28,32). The Hall–Kier alpha value is -3.16. The highest BCUT2D eigenvalue weighted by atomic mass is 16.6. The van der Waals surface area contributed by atoms with Crippen LogP contribution in [0.5, 0.6) is 5.88 Å². The zero-order valence-electron chi connectivity index (χ0n) is 21.8. The van der Waals surface area contributed by atoms with Gasteiger partial charge in [0.2, 0.25) is 12.3 Å². The first-order valence-corrected chi connectivity index (χ1v) is 12.4. The molecule has 2 aromatic rings. The van der Waals surface area contributed by atoms with Gasteiger partial charge in [-0.2, -0.15) is 0 Å². The van der Waals surface area contributed by atoms with Gasteiger partial charge in [-0.25, -0.2) is 9.78 Å². The number of aryl methyl sites for hydroxylation is 1. The Morgan fingerprint density at radius 2 is 2.06 bits per heavy atom. The summed E-state index contributed by atoms with van der Waals surface area (Å²) in [4.78, 5) is 35.2. The molecule has 1 aliphatic heterocycles. The average Bonchev–Trinajstić information content (AvgIpc) is 2.82. The lowest BCUT2D eigenvalue weighted by molar-refractivity contribution is -0.110. The molecule has 1 fully saturated rings. The number of nitrogens with zero attached hydrogens (tertiary/aromatic N) is 3. The van der Waals surface area contributed by atoms with Crippen LogP contribution >= 0.6 is 0 Å². The van der Waals surface area contributed by atoms with Crippen LogP contribution in [0.15, 0.2) is 30.5 Å². The van der Waals surface area contributed by atoms with Crippen molar-refractivity contribution in [3.63, 3.8) is 0 Å². The number of pyridine rings is 2. The molecule has 1 aliphatic rings. The molecule has 0 saturated carbocycles. The fraction of sp³-hybridized carbons (Fsp3) is 0.556. The summed E-state index contributed by atoms with van der Waals surface area (Å²) < 4.78 is 11.3. The van der Waals surface area contributed by atoms with E-state index in [0.29, 0.717) is 38.5 Å². The second-order valence-electron chi connectivity index (χ2n) is 10.1. The lowest BCUT2D eigenvalue weighted by Gasteiger charge is -2.48. The summed E-state index contributed by atoms with van der Waals surface area (Å²) in [5.74, 6) is 0.684. The first kappa shape index (κ1) is 26.4. The highest BCUT2D eigenvalue weighted by Crippen LogP contribution is 2.43. The predicted octanol–water partition coefficient (Wildman–Crippen LogP) is 4.50. The molecule has 0 aromatic carbocycles. The summed E-state index contributed by atoms with van der Waals surface area (Å²) in [5, 5.41) is 2.93. The van der Waals surface area contributed by atoms with Crippen molar-refractivity contribution in [2.24, 2.45) is 5.92 Å². The zero-order chi connectivity index (χ0) is 25.6. The molecule has 190 valence electrons.